The van der Waals surface area contributed by atoms with Crippen molar-refractivity contribution < 1.29 is 22.0 Å². The third-order valence-electron chi connectivity index (χ3n) is 6.37. The zero-order chi connectivity index (χ0) is 24.3. The lowest BCUT2D eigenvalue weighted by Gasteiger charge is -2.32. The van der Waals surface area contributed by atoms with E-state index in [1.165, 1.54) is 11.0 Å². The minimum absolute atomic E-state index is 0.300. The Morgan fingerprint density at radius 1 is 0.886 bits per heavy atom. The predicted molar refractivity (Wildman–Crippen MR) is 117 cm³/mol. The van der Waals surface area contributed by atoms with Crippen molar-refractivity contribution in [2.75, 3.05) is 22.9 Å². The number of benzene rings is 1. The van der Waals surface area contributed by atoms with E-state index < -0.39 is 23.5 Å². The predicted octanol–water partition coefficient (Wildman–Crippen LogP) is 4.62. The molecule has 1 aromatic carbocycles. The number of aryl methyl sites for hydroxylation is 1. The van der Waals surface area contributed by atoms with Crippen molar-refractivity contribution in [2.45, 2.75) is 32.1 Å². The van der Waals surface area contributed by atoms with Crippen molar-refractivity contribution in [3.05, 3.63) is 65.4 Å². The van der Waals surface area contributed by atoms with Crippen LogP contribution in [0.4, 0.5) is 39.3 Å². The summed E-state index contributed by atoms with van der Waals surface area (Å²) in [5.41, 5.74) is 1.81. The molecule has 2 aliphatic rings. The molecule has 180 valence electrons. The van der Waals surface area contributed by atoms with Gasteiger partial charge in [0.15, 0.2) is 17.3 Å². The van der Waals surface area contributed by atoms with Crippen molar-refractivity contribution in [3.63, 3.8) is 0 Å². The van der Waals surface area contributed by atoms with Gasteiger partial charge in [-0.25, -0.2) is 23.4 Å². The van der Waals surface area contributed by atoms with E-state index in [1.54, 1.807) is 11.1 Å². The fraction of sp³-hybridized carbons (Fsp3) is 0.304. The van der Waals surface area contributed by atoms with Crippen LogP contribution < -0.4 is 9.80 Å². The Kier molecular flexibility index (Phi) is 4.87. The van der Waals surface area contributed by atoms with Crippen LogP contribution in [0.3, 0.4) is 0 Å². The van der Waals surface area contributed by atoms with E-state index in [0.717, 1.165) is 29.5 Å². The standard InChI is InChI=1S/C23H18F5N7/c24-16-7-15-19(8-17(16)25)30-12-31-22(15)33-5-2-18-13(11-33)6-14(10-29-18)34-3-1-4-35-21(34)9-20(32-35)23(26,27)28/h6-10,12H,1-5,11H2. The number of pyridine rings is 1. The van der Waals surface area contributed by atoms with E-state index in [-0.39, 0.29) is 0 Å². The number of nitrogens with zero attached hydrogens (tertiary/aromatic N) is 7. The number of hydrogen-bond donors (Lipinski definition) is 0. The first-order valence-electron chi connectivity index (χ1n) is 11.0. The normalized spacial score (nSPS) is 15.9. The molecule has 6 rings (SSSR count). The molecule has 4 aromatic rings. The van der Waals surface area contributed by atoms with E-state index in [1.807, 2.05) is 11.0 Å². The Morgan fingerprint density at radius 3 is 2.54 bits per heavy atom. The van der Waals surface area contributed by atoms with Crippen LogP contribution in [0, 0.1) is 11.6 Å². The molecule has 0 amide bonds. The SMILES string of the molecule is Fc1cc2ncnc(N3CCc4ncc(N5CCCn6nc(C(F)(F)F)cc65)cc4C3)c2cc1F. The third kappa shape index (κ3) is 3.72. The minimum Gasteiger partial charge on any atom is -0.351 e. The maximum atomic E-state index is 13.9. The molecule has 0 saturated heterocycles. The Bertz CT molecular complexity index is 1450. The average Bonchev–Trinajstić information content (AvgIpc) is 3.29. The summed E-state index contributed by atoms with van der Waals surface area (Å²) in [6.45, 7) is 1.92. The van der Waals surface area contributed by atoms with Gasteiger partial charge in [-0.1, -0.05) is 0 Å². The van der Waals surface area contributed by atoms with Gasteiger partial charge in [0.25, 0.3) is 0 Å². The van der Waals surface area contributed by atoms with Crippen molar-refractivity contribution >= 4 is 28.2 Å². The fourth-order valence-electron chi connectivity index (χ4n) is 4.71. The van der Waals surface area contributed by atoms with E-state index in [4.69, 9.17) is 0 Å². The number of hydrogen-bond acceptors (Lipinski definition) is 6. The summed E-state index contributed by atoms with van der Waals surface area (Å²) in [4.78, 5) is 16.7. The number of alkyl halides is 3. The molecule has 0 unspecified atom stereocenters. The quantitative estimate of drug-likeness (QED) is 0.385. The van der Waals surface area contributed by atoms with Gasteiger partial charge in [0.1, 0.15) is 18.0 Å². The molecule has 7 nitrogen and oxygen atoms in total. The highest BCUT2D eigenvalue weighted by Gasteiger charge is 2.36. The number of anilines is 3. The number of aromatic nitrogens is 5. The van der Waals surface area contributed by atoms with Gasteiger partial charge in [-0.15, -0.1) is 0 Å². The molecule has 0 atom stereocenters. The van der Waals surface area contributed by atoms with E-state index >= 15 is 0 Å². The monoisotopic (exact) mass is 487 g/mol. The maximum Gasteiger partial charge on any atom is 0.435 e. The van der Waals surface area contributed by atoms with Crippen LogP contribution in [-0.4, -0.2) is 37.8 Å². The van der Waals surface area contributed by atoms with Gasteiger partial charge in [0, 0.05) is 55.8 Å². The topological polar surface area (TPSA) is 63.0 Å². The van der Waals surface area contributed by atoms with Gasteiger partial charge in [0.05, 0.1) is 17.4 Å². The Balaban J connectivity index is 1.34. The lowest BCUT2D eigenvalue weighted by Crippen LogP contribution is -2.33. The van der Waals surface area contributed by atoms with E-state index in [2.05, 4.69) is 20.1 Å². The molecule has 0 fully saturated rings. The van der Waals surface area contributed by atoms with Gasteiger partial charge in [0.2, 0.25) is 0 Å². The third-order valence-corrected chi connectivity index (χ3v) is 6.37. The summed E-state index contributed by atoms with van der Waals surface area (Å²) in [6, 6.07) is 5.11. The zero-order valence-corrected chi connectivity index (χ0v) is 18.2. The molecule has 0 radical (unpaired) electrons. The Morgan fingerprint density at radius 2 is 1.71 bits per heavy atom. The Labute approximate surface area is 195 Å². The number of rotatable bonds is 2. The van der Waals surface area contributed by atoms with Crippen LogP contribution in [-0.2, 0) is 25.7 Å². The molecular formula is C23H18F5N7. The van der Waals surface area contributed by atoms with Crippen molar-refractivity contribution in [2.24, 2.45) is 0 Å². The van der Waals surface area contributed by atoms with Crippen LogP contribution in [0.25, 0.3) is 10.9 Å². The molecule has 0 aliphatic carbocycles. The number of fused-ring (bicyclic) bond motifs is 3. The van der Waals surface area contributed by atoms with Gasteiger partial charge in [-0.2, -0.15) is 18.3 Å². The second-order valence-corrected chi connectivity index (χ2v) is 8.57. The Hall–Kier alpha value is -3.83. The van der Waals surface area contributed by atoms with Gasteiger partial charge >= 0.3 is 6.18 Å². The highest BCUT2D eigenvalue weighted by atomic mass is 19.4. The summed E-state index contributed by atoms with van der Waals surface area (Å²) < 4.78 is 68.7. The first-order chi connectivity index (χ1) is 16.8. The summed E-state index contributed by atoms with van der Waals surface area (Å²) in [7, 11) is 0. The summed E-state index contributed by atoms with van der Waals surface area (Å²) in [5, 5.41) is 4.13. The average molecular weight is 487 g/mol. The molecule has 0 saturated carbocycles. The molecule has 0 spiro atoms. The molecule has 2 aliphatic heterocycles. The first kappa shape index (κ1) is 21.7. The number of halogens is 5. The van der Waals surface area contributed by atoms with E-state index in [9.17, 15) is 22.0 Å². The van der Waals surface area contributed by atoms with Crippen molar-refractivity contribution in [1.29, 1.82) is 0 Å². The molecule has 0 bridgehead atoms. The lowest BCUT2D eigenvalue weighted by molar-refractivity contribution is -0.141. The maximum absolute atomic E-state index is 13.9. The molecule has 35 heavy (non-hydrogen) atoms. The van der Waals surface area contributed by atoms with Crippen molar-refractivity contribution in [3.8, 4) is 0 Å². The fourth-order valence-corrected chi connectivity index (χ4v) is 4.71. The van der Waals surface area contributed by atoms with Gasteiger partial charge in [-0.05, 0) is 24.1 Å². The molecule has 0 N–H and O–H groups in total. The second-order valence-electron chi connectivity index (χ2n) is 8.57. The van der Waals surface area contributed by atoms with Crippen LogP contribution in [0.1, 0.15) is 23.4 Å². The molecule has 5 heterocycles. The lowest BCUT2D eigenvalue weighted by atomic mass is 10.0. The van der Waals surface area contributed by atoms with Crippen LogP contribution in [0.15, 0.2) is 36.8 Å². The zero-order valence-electron chi connectivity index (χ0n) is 18.2. The van der Waals surface area contributed by atoms with Crippen LogP contribution in [0.5, 0.6) is 0 Å². The van der Waals surface area contributed by atoms with Gasteiger partial charge < -0.3 is 9.80 Å². The van der Waals surface area contributed by atoms with Crippen molar-refractivity contribution in [1.82, 2.24) is 24.7 Å². The second kappa shape index (κ2) is 7.85. The molecular weight excluding hydrogens is 469 g/mol. The highest BCUT2D eigenvalue weighted by Crippen LogP contribution is 2.37. The smallest absolute Gasteiger partial charge is 0.351 e. The summed E-state index contributed by atoms with van der Waals surface area (Å²) in [5.74, 6) is -1.10. The first-order valence-corrected chi connectivity index (χ1v) is 11.0. The minimum atomic E-state index is -4.52. The van der Waals surface area contributed by atoms with Crippen LogP contribution in [0.2, 0.25) is 0 Å². The highest BCUT2D eigenvalue weighted by molar-refractivity contribution is 5.89. The molecule has 3 aromatic heterocycles. The summed E-state index contributed by atoms with van der Waals surface area (Å²) in [6.07, 6.45) is -0.298. The molecule has 12 heteroatoms. The van der Waals surface area contributed by atoms with Crippen LogP contribution >= 0.6 is 0 Å². The van der Waals surface area contributed by atoms with E-state index in [0.29, 0.717) is 67.2 Å². The van der Waals surface area contributed by atoms with Gasteiger partial charge in [-0.3, -0.25) is 4.98 Å². The largest absolute Gasteiger partial charge is 0.435 e. The summed E-state index contributed by atoms with van der Waals surface area (Å²) >= 11 is 0.